The maximum atomic E-state index is 12.9. The van der Waals surface area contributed by atoms with Crippen LogP contribution in [0.25, 0.3) is 22.3 Å². The molecule has 0 unspecified atom stereocenters. The molecular weight excluding hydrogens is 326 g/mol. The van der Waals surface area contributed by atoms with Gasteiger partial charge in [0.05, 0.1) is 10.4 Å². The van der Waals surface area contributed by atoms with Gasteiger partial charge in [0.1, 0.15) is 11.7 Å². The molecule has 5 heteroatoms. The zero-order valence-corrected chi connectivity index (χ0v) is 14.0. The Balaban J connectivity index is 2.41. The lowest BCUT2D eigenvalue weighted by molar-refractivity contribution is 0.356. The van der Waals surface area contributed by atoms with Gasteiger partial charge < -0.3 is 9.15 Å². The maximum absolute atomic E-state index is 12.9. The van der Waals surface area contributed by atoms with E-state index in [0.29, 0.717) is 21.6 Å². The Morgan fingerprint density at radius 3 is 2.71 bits per heavy atom. The Bertz CT molecular complexity index is 1030. The fourth-order valence-corrected chi connectivity index (χ4v) is 2.91. The van der Waals surface area contributed by atoms with Gasteiger partial charge in [-0.2, -0.15) is 5.26 Å². The number of ether oxygens (including phenoxy) is 1. The number of halogens is 1. The monoisotopic (exact) mass is 339 g/mol. The lowest BCUT2D eigenvalue weighted by Crippen LogP contribution is -2.11. The molecule has 1 heterocycles. The van der Waals surface area contributed by atoms with Crippen LogP contribution in [0.3, 0.4) is 0 Å². The van der Waals surface area contributed by atoms with Crippen LogP contribution in [0.4, 0.5) is 0 Å². The van der Waals surface area contributed by atoms with Crippen LogP contribution in [0.15, 0.2) is 45.6 Å². The van der Waals surface area contributed by atoms with E-state index in [1.165, 1.54) is 0 Å². The average Bonchev–Trinajstić information content (AvgIpc) is 2.55. The number of benzene rings is 2. The van der Waals surface area contributed by atoms with Gasteiger partial charge in [-0.05, 0) is 43.2 Å². The van der Waals surface area contributed by atoms with Gasteiger partial charge in [0, 0.05) is 5.56 Å². The quantitative estimate of drug-likeness (QED) is 0.697. The zero-order chi connectivity index (χ0) is 17.3. The number of fused-ring (bicyclic) bond motifs is 1. The highest BCUT2D eigenvalue weighted by Crippen LogP contribution is 2.36. The summed E-state index contributed by atoms with van der Waals surface area (Å²) in [6.45, 7) is 3.53. The van der Waals surface area contributed by atoms with E-state index >= 15 is 0 Å². The molecule has 0 spiro atoms. The van der Waals surface area contributed by atoms with E-state index in [9.17, 15) is 4.79 Å². The van der Waals surface area contributed by atoms with Crippen LogP contribution in [0, 0.1) is 25.2 Å². The fourth-order valence-electron chi connectivity index (χ4n) is 2.69. The zero-order valence-electron chi connectivity index (χ0n) is 13.2. The van der Waals surface area contributed by atoms with E-state index in [1.54, 1.807) is 30.3 Å². The Kier molecular flexibility index (Phi) is 4.28. The summed E-state index contributed by atoms with van der Waals surface area (Å²) in [5.74, 6) is 0.238. The third kappa shape index (κ3) is 2.75. The normalized spacial score (nSPS) is 10.6. The van der Waals surface area contributed by atoms with E-state index < -0.39 is 0 Å². The van der Waals surface area contributed by atoms with Crippen molar-refractivity contribution < 1.29 is 9.15 Å². The third-order valence-electron chi connectivity index (χ3n) is 3.68. The third-order valence-corrected chi connectivity index (χ3v) is 4.01. The number of hydrogen-bond donors (Lipinski definition) is 0. The number of hydrogen-bond acceptors (Lipinski definition) is 4. The molecule has 0 N–H and O–H groups in total. The molecule has 2 aromatic carbocycles. The topological polar surface area (TPSA) is 63.2 Å². The van der Waals surface area contributed by atoms with Gasteiger partial charge in [-0.3, -0.25) is 4.79 Å². The molecule has 3 rings (SSSR count). The van der Waals surface area contributed by atoms with Gasteiger partial charge in [-0.1, -0.05) is 29.8 Å². The summed E-state index contributed by atoms with van der Waals surface area (Å²) < 4.78 is 11.4. The average molecular weight is 340 g/mol. The molecule has 0 saturated carbocycles. The van der Waals surface area contributed by atoms with Crippen LogP contribution in [0.5, 0.6) is 5.75 Å². The van der Waals surface area contributed by atoms with Crippen LogP contribution >= 0.6 is 11.6 Å². The summed E-state index contributed by atoms with van der Waals surface area (Å²) in [5.41, 5.74) is 2.52. The summed E-state index contributed by atoms with van der Waals surface area (Å²) in [6.07, 6.45) is 0. The molecule has 4 nitrogen and oxygen atoms in total. The summed E-state index contributed by atoms with van der Waals surface area (Å²) in [4.78, 5) is 12.9. The number of rotatable bonds is 3. The van der Waals surface area contributed by atoms with E-state index in [-0.39, 0.29) is 23.5 Å². The Labute approximate surface area is 143 Å². The van der Waals surface area contributed by atoms with E-state index in [2.05, 4.69) is 0 Å². The Hall–Kier alpha value is -2.77. The first-order chi connectivity index (χ1) is 11.5. The molecule has 0 amide bonds. The summed E-state index contributed by atoms with van der Waals surface area (Å²) in [6, 6.07) is 12.6. The standard InChI is InChI=1S/C19H14ClNO3/c1-11-9-12(2)17-14(10-11)16(22)19(23-8-7-21)18(24-17)13-5-3-4-6-15(13)20/h3-6,9-10H,8H2,1-2H3. The Morgan fingerprint density at radius 2 is 2.00 bits per heavy atom. The van der Waals surface area contributed by atoms with Gasteiger partial charge in [0.2, 0.25) is 11.2 Å². The Morgan fingerprint density at radius 1 is 1.25 bits per heavy atom. The molecule has 0 saturated heterocycles. The minimum atomic E-state index is -0.312. The smallest absolute Gasteiger partial charge is 0.235 e. The van der Waals surface area contributed by atoms with Crippen LogP contribution in [0.1, 0.15) is 11.1 Å². The van der Waals surface area contributed by atoms with Crippen LogP contribution in [-0.4, -0.2) is 6.61 Å². The fraction of sp³-hybridized carbons (Fsp3) is 0.158. The first-order valence-electron chi connectivity index (χ1n) is 7.35. The predicted octanol–water partition coefficient (Wildman–Crippen LogP) is 4.63. The minimum absolute atomic E-state index is 0.00199. The second kappa shape index (κ2) is 6.38. The number of nitriles is 1. The van der Waals surface area contributed by atoms with Crippen molar-refractivity contribution >= 4 is 22.6 Å². The second-order valence-corrected chi connectivity index (χ2v) is 5.88. The van der Waals surface area contributed by atoms with E-state index in [1.807, 2.05) is 26.0 Å². The van der Waals surface area contributed by atoms with E-state index in [4.69, 9.17) is 26.0 Å². The second-order valence-electron chi connectivity index (χ2n) is 5.47. The van der Waals surface area contributed by atoms with Crippen LogP contribution in [0.2, 0.25) is 5.02 Å². The van der Waals surface area contributed by atoms with Crippen molar-refractivity contribution in [3.8, 4) is 23.1 Å². The molecule has 1 aromatic heterocycles. The molecule has 0 aliphatic carbocycles. The highest BCUT2D eigenvalue weighted by molar-refractivity contribution is 6.33. The number of aryl methyl sites for hydroxylation is 2. The lowest BCUT2D eigenvalue weighted by atomic mass is 10.1. The minimum Gasteiger partial charge on any atom is -0.471 e. The molecule has 0 atom stereocenters. The predicted molar refractivity (Wildman–Crippen MR) is 93.5 cm³/mol. The van der Waals surface area contributed by atoms with Crippen LogP contribution in [-0.2, 0) is 0 Å². The highest BCUT2D eigenvalue weighted by atomic mass is 35.5. The maximum Gasteiger partial charge on any atom is 0.235 e. The van der Waals surface area contributed by atoms with Crippen LogP contribution < -0.4 is 10.2 Å². The first-order valence-corrected chi connectivity index (χ1v) is 7.73. The van der Waals surface area contributed by atoms with Crippen molar-refractivity contribution in [1.82, 2.24) is 0 Å². The van der Waals surface area contributed by atoms with E-state index in [0.717, 1.165) is 11.1 Å². The SMILES string of the molecule is Cc1cc(C)c2oc(-c3ccccc3Cl)c(OCC#N)c(=O)c2c1. The van der Waals surface area contributed by atoms with Gasteiger partial charge in [0.15, 0.2) is 12.4 Å². The summed E-state index contributed by atoms with van der Waals surface area (Å²) >= 11 is 6.25. The highest BCUT2D eigenvalue weighted by Gasteiger charge is 2.20. The molecule has 24 heavy (non-hydrogen) atoms. The molecule has 0 aliphatic rings. The summed E-state index contributed by atoms with van der Waals surface area (Å²) in [7, 11) is 0. The van der Waals surface area contributed by atoms with Gasteiger partial charge in [0.25, 0.3) is 0 Å². The molecule has 0 radical (unpaired) electrons. The first kappa shape index (κ1) is 16.1. The van der Waals surface area contributed by atoms with Crippen molar-refractivity contribution in [1.29, 1.82) is 5.26 Å². The largest absolute Gasteiger partial charge is 0.471 e. The van der Waals surface area contributed by atoms with Crippen molar-refractivity contribution in [3.05, 3.63) is 62.8 Å². The van der Waals surface area contributed by atoms with Gasteiger partial charge in [-0.15, -0.1) is 0 Å². The molecule has 3 aromatic rings. The molecular formula is C19H14ClNO3. The molecule has 0 bridgehead atoms. The lowest BCUT2D eigenvalue weighted by Gasteiger charge is -2.12. The summed E-state index contributed by atoms with van der Waals surface area (Å²) in [5, 5.41) is 9.67. The molecule has 120 valence electrons. The van der Waals surface area contributed by atoms with Crippen molar-refractivity contribution in [2.45, 2.75) is 13.8 Å². The van der Waals surface area contributed by atoms with Gasteiger partial charge in [-0.25, -0.2) is 0 Å². The van der Waals surface area contributed by atoms with Crippen molar-refractivity contribution in [2.24, 2.45) is 0 Å². The molecule has 0 fully saturated rings. The molecule has 0 aliphatic heterocycles. The number of nitrogens with zero attached hydrogens (tertiary/aromatic N) is 1. The van der Waals surface area contributed by atoms with Crippen molar-refractivity contribution in [2.75, 3.05) is 6.61 Å². The van der Waals surface area contributed by atoms with Crippen molar-refractivity contribution in [3.63, 3.8) is 0 Å². The van der Waals surface area contributed by atoms with Gasteiger partial charge >= 0.3 is 0 Å².